The van der Waals surface area contributed by atoms with Crippen molar-refractivity contribution in [3.8, 4) is 0 Å². The van der Waals surface area contributed by atoms with Crippen molar-refractivity contribution in [1.29, 1.82) is 0 Å². The Morgan fingerprint density at radius 2 is 2.22 bits per heavy atom. The summed E-state index contributed by atoms with van der Waals surface area (Å²) in [5, 5.41) is 3.61. The van der Waals surface area contributed by atoms with Crippen LogP contribution in [0.2, 0.25) is 0 Å². The zero-order valence-electron chi connectivity index (χ0n) is 11.6. The Hall–Kier alpha value is -1.09. The topological polar surface area (TPSA) is 15.3 Å². The summed E-state index contributed by atoms with van der Waals surface area (Å²) < 4.78 is 13.4. The SMILES string of the molecule is CCC1(C)CN(c2cc(F)ccc2C)CCCN1. The van der Waals surface area contributed by atoms with Crippen LogP contribution in [-0.2, 0) is 0 Å². The smallest absolute Gasteiger partial charge is 0.125 e. The lowest BCUT2D eigenvalue weighted by Crippen LogP contribution is -2.48. The van der Waals surface area contributed by atoms with E-state index in [1.807, 2.05) is 6.07 Å². The van der Waals surface area contributed by atoms with Crippen molar-refractivity contribution in [2.75, 3.05) is 24.5 Å². The van der Waals surface area contributed by atoms with Crippen molar-refractivity contribution < 1.29 is 4.39 Å². The Balaban J connectivity index is 2.28. The highest BCUT2D eigenvalue weighted by Gasteiger charge is 2.27. The van der Waals surface area contributed by atoms with Gasteiger partial charge in [-0.1, -0.05) is 13.0 Å². The Labute approximate surface area is 109 Å². The molecule has 3 heteroatoms. The molecule has 0 saturated carbocycles. The average Bonchev–Trinajstić information content (AvgIpc) is 2.55. The molecule has 0 amide bonds. The lowest BCUT2D eigenvalue weighted by Gasteiger charge is -2.34. The fourth-order valence-electron chi connectivity index (χ4n) is 2.58. The number of halogens is 1. The first kappa shape index (κ1) is 13.3. The molecule has 18 heavy (non-hydrogen) atoms. The minimum atomic E-state index is -0.147. The lowest BCUT2D eigenvalue weighted by atomic mass is 9.98. The summed E-state index contributed by atoms with van der Waals surface area (Å²) in [7, 11) is 0. The quantitative estimate of drug-likeness (QED) is 0.867. The zero-order chi connectivity index (χ0) is 13.2. The molecule has 1 heterocycles. The van der Waals surface area contributed by atoms with Crippen LogP contribution in [0.5, 0.6) is 0 Å². The number of aryl methyl sites for hydroxylation is 1. The Bertz CT molecular complexity index is 419. The van der Waals surface area contributed by atoms with E-state index in [0.717, 1.165) is 43.7 Å². The van der Waals surface area contributed by atoms with Crippen LogP contribution in [0.15, 0.2) is 18.2 Å². The van der Waals surface area contributed by atoms with E-state index in [4.69, 9.17) is 0 Å². The second kappa shape index (κ2) is 5.27. The fourth-order valence-corrected chi connectivity index (χ4v) is 2.58. The molecule has 1 N–H and O–H groups in total. The van der Waals surface area contributed by atoms with E-state index in [1.54, 1.807) is 6.07 Å². The molecule has 1 aliphatic rings. The van der Waals surface area contributed by atoms with Gasteiger partial charge in [0.2, 0.25) is 0 Å². The van der Waals surface area contributed by atoms with Crippen LogP contribution in [0, 0.1) is 12.7 Å². The molecule has 100 valence electrons. The molecule has 2 nitrogen and oxygen atoms in total. The van der Waals surface area contributed by atoms with Crippen molar-refractivity contribution in [2.24, 2.45) is 0 Å². The molecular weight excluding hydrogens is 227 g/mol. The molecule has 0 radical (unpaired) electrons. The predicted octanol–water partition coefficient (Wildman–Crippen LogP) is 3.10. The number of hydrogen-bond donors (Lipinski definition) is 1. The Morgan fingerprint density at radius 3 is 2.94 bits per heavy atom. The number of benzene rings is 1. The third-order valence-corrected chi connectivity index (χ3v) is 3.99. The molecule has 0 aliphatic carbocycles. The van der Waals surface area contributed by atoms with Gasteiger partial charge in [0.1, 0.15) is 5.82 Å². The van der Waals surface area contributed by atoms with Crippen LogP contribution in [-0.4, -0.2) is 25.2 Å². The van der Waals surface area contributed by atoms with E-state index in [9.17, 15) is 4.39 Å². The largest absolute Gasteiger partial charge is 0.369 e. The number of nitrogens with one attached hydrogen (secondary N) is 1. The van der Waals surface area contributed by atoms with Gasteiger partial charge in [-0.3, -0.25) is 0 Å². The van der Waals surface area contributed by atoms with Gasteiger partial charge in [0.15, 0.2) is 0 Å². The summed E-state index contributed by atoms with van der Waals surface area (Å²) >= 11 is 0. The monoisotopic (exact) mass is 250 g/mol. The molecular formula is C15H23FN2. The van der Waals surface area contributed by atoms with Crippen molar-refractivity contribution in [2.45, 2.75) is 39.2 Å². The van der Waals surface area contributed by atoms with E-state index in [-0.39, 0.29) is 11.4 Å². The van der Waals surface area contributed by atoms with Crippen molar-refractivity contribution in [3.05, 3.63) is 29.6 Å². The van der Waals surface area contributed by atoms with Gasteiger partial charge in [0, 0.05) is 24.3 Å². The number of hydrogen-bond acceptors (Lipinski definition) is 2. The third-order valence-electron chi connectivity index (χ3n) is 3.99. The molecule has 1 aliphatic heterocycles. The standard InChI is InChI=1S/C15H23FN2/c1-4-15(3)11-18(9-5-8-17-15)14-10-13(16)7-6-12(14)2/h6-7,10,17H,4-5,8-9,11H2,1-3H3. The molecule has 1 fully saturated rings. The Morgan fingerprint density at radius 1 is 1.44 bits per heavy atom. The molecule has 0 aromatic heterocycles. The summed E-state index contributed by atoms with van der Waals surface area (Å²) in [6, 6.07) is 5.07. The van der Waals surface area contributed by atoms with E-state index in [2.05, 4.69) is 31.0 Å². The van der Waals surface area contributed by atoms with E-state index >= 15 is 0 Å². The molecule has 0 spiro atoms. The molecule has 1 saturated heterocycles. The highest BCUT2D eigenvalue weighted by atomic mass is 19.1. The molecule has 1 aromatic rings. The maximum Gasteiger partial charge on any atom is 0.125 e. The number of rotatable bonds is 2. The van der Waals surface area contributed by atoms with Gasteiger partial charge >= 0.3 is 0 Å². The molecule has 2 rings (SSSR count). The summed E-state index contributed by atoms with van der Waals surface area (Å²) in [5.41, 5.74) is 2.31. The van der Waals surface area contributed by atoms with Crippen molar-refractivity contribution in [3.63, 3.8) is 0 Å². The van der Waals surface area contributed by atoms with Crippen LogP contribution >= 0.6 is 0 Å². The summed E-state index contributed by atoms with van der Waals surface area (Å²) in [5.74, 6) is -0.147. The second-order valence-electron chi connectivity index (χ2n) is 5.55. The maximum atomic E-state index is 13.4. The Kier molecular flexibility index (Phi) is 3.91. The molecule has 1 aromatic carbocycles. The van der Waals surface area contributed by atoms with Crippen molar-refractivity contribution in [1.82, 2.24) is 5.32 Å². The third kappa shape index (κ3) is 2.83. The zero-order valence-corrected chi connectivity index (χ0v) is 11.6. The molecule has 0 bridgehead atoms. The first-order valence-corrected chi connectivity index (χ1v) is 6.80. The van der Waals surface area contributed by atoms with E-state index < -0.39 is 0 Å². The normalized spacial score (nSPS) is 25.0. The number of anilines is 1. The minimum absolute atomic E-state index is 0.120. The molecule has 1 atom stereocenters. The van der Waals surface area contributed by atoms with Gasteiger partial charge in [-0.05, 0) is 50.9 Å². The van der Waals surface area contributed by atoms with Crippen LogP contribution in [0.4, 0.5) is 10.1 Å². The second-order valence-corrected chi connectivity index (χ2v) is 5.55. The van der Waals surface area contributed by atoms with Crippen LogP contribution in [0.3, 0.4) is 0 Å². The van der Waals surface area contributed by atoms with Gasteiger partial charge in [-0.25, -0.2) is 4.39 Å². The average molecular weight is 250 g/mol. The fraction of sp³-hybridized carbons (Fsp3) is 0.600. The highest BCUT2D eigenvalue weighted by Crippen LogP contribution is 2.25. The van der Waals surface area contributed by atoms with Crippen LogP contribution in [0.25, 0.3) is 0 Å². The van der Waals surface area contributed by atoms with E-state index in [0.29, 0.717) is 0 Å². The highest BCUT2D eigenvalue weighted by molar-refractivity contribution is 5.53. The minimum Gasteiger partial charge on any atom is -0.369 e. The van der Waals surface area contributed by atoms with Crippen LogP contribution < -0.4 is 10.2 Å². The first-order chi connectivity index (χ1) is 8.54. The molecule has 1 unspecified atom stereocenters. The van der Waals surface area contributed by atoms with Gasteiger partial charge in [-0.15, -0.1) is 0 Å². The van der Waals surface area contributed by atoms with E-state index in [1.165, 1.54) is 6.07 Å². The number of nitrogens with zero attached hydrogens (tertiary/aromatic N) is 1. The lowest BCUT2D eigenvalue weighted by molar-refractivity contribution is 0.366. The van der Waals surface area contributed by atoms with Gasteiger partial charge in [0.05, 0.1) is 0 Å². The summed E-state index contributed by atoms with van der Waals surface area (Å²) in [6.07, 6.45) is 2.18. The predicted molar refractivity (Wildman–Crippen MR) is 74.7 cm³/mol. The van der Waals surface area contributed by atoms with Crippen LogP contribution in [0.1, 0.15) is 32.3 Å². The van der Waals surface area contributed by atoms with Crippen molar-refractivity contribution >= 4 is 5.69 Å². The maximum absolute atomic E-state index is 13.4. The summed E-state index contributed by atoms with van der Waals surface area (Å²) in [6.45, 7) is 9.47. The summed E-state index contributed by atoms with van der Waals surface area (Å²) in [4.78, 5) is 2.32. The first-order valence-electron chi connectivity index (χ1n) is 6.80. The van der Waals surface area contributed by atoms with Gasteiger partial charge in [0.25, 0.3) is 0 Å². The van der Waals surface area contributed by atoms with Gasteiger partial charge in [-0.2, -0.15) is 0 Å². The van der Waals surface area contributed by atoms with Gasteiger partial charge < -0.3 is 10.2 Å².